The molecule has 0 saturated carbocycles. The Hall–Kier alpha value is -0.340. The van der Waals surface area contributed by atoms with Gasteiger partial charge in [-0.3, -0.25) is 4.90 Å². The fourth-order valence-corrected chi connectivity index (χ4v) is 1.75. The summed E-state index contributed by atoms with van der Waals surface area (Å²) in [6, 6.07) is 0. The van der Waals surface area contributed by atoms with Crippen LogP contribution in [0.5, 0.6) is 0 Å². The summed E-state index contributed by atoms with van der Waals surface area (Å²) in [7, 11) is 0. The number of hydrogen-bond donors (Lipinski definition) is 1. The second kappa shape index (κ2) is 5.33. The van der Waals surface area contributed by atoms with Gasteiger partial charge in [0.2, 0.25) is 0 Å². The van der Waals surface area contributed by atoms with Gasteiger partial charge >= 0.3 is 0 Å². The number of aliphatic hydroxyl groups excluding tert-OH is 1. The molecule has 0 spiro atoms. The minimum atomic E-state index is 0.349. The molecule has 0 bridgehead atoms. The lowest BCUT2D eigenvalue weighted by Crippen LogP contribution is -2.20. The van der Waals surface area contributed by atoms with E-state index in [0.717, 1.165) is 18.9 Å². The van der Waals surface area contributed by atoms with E-state index >= 15 is 0 Å². The Morgan fingerprint density at radius 2 is 2.42 bits per heavy atom. The third-order valence-corrected chi connectivity index (χ3v) is 2.51. The lowest BCUT2D eigenvalue weighted by Gasteiger charge is -2.12. The summed E-state index contributed by atoms with van der Waals surface area (Å²) >= 11 is 0. The average Bonchev–Trinajstić information content (AvgIpc) is 2.50. The van der Waals surface area contributed by atoms with E-state index in [-0.39, 0.29) is 0 Å². The van der Waals surface area contributed by atoms with Gasteiger partial charge in [-0.25, -0.2) is 0 Å². The summed E-state index contributed by atoms with van der Waals surface area (Å²) in [5.41, 5.74) is 0. The van der Waals surface area contributed by atoms with Crippen LogP contribution in [0.3, 0.4) is 0 Å². The van der Waals surface area contributed by atoms with Gasteiger partial charge < -0.3 is 5.11 Å². The lowest BCUT2D eigenvalue weighted by atomic mass is 10.1. The van der Waals surface area contributed by atoms with Gasteiger partial charge in [-0.2, -0.15) is 0 Å². The zero-order valence-electron chi connectivity index (χ0n) is 7.87. The summed E-state index contributed by atoms with van der Waals surface area (Å²) in [5.74, 6) is 0.736. The van der Waals surface area contributed by atoms with Crippen molar-refractivity contribution in [2.45, 2.75) is 19.8 Å². The molecule has 1 saturated heterocycles. The predicted octanol–water partition coefficient (Wildman–Crippen LogP) is 1.27. The topological polar surface area (TPSA) is 23.5 Å². The van der Waals surface area contributed by atoms with Crippen LogP contribution in [0, 0.1) is 5.92 Å². The fraction of sp³-hybridized carbons (Fsp3) is 0.800. The van der Waals surface area contributed by atoms with E-state index in [1.807, 2.05) is 0 Å². The molecular formula is C10H19NO. The minimum Gasteiger partial charge on any atom is -0.396 e. The van der Waals surface area contributed by atoms with Crippen molar-refractivity contribution in [2.75, 3.05) is 26.2 Å². The van der Waals surface area contributed by atoms with Gasteiger partial charge in [-0.05, 0) is 32.2 Å². The molecule has 2 heteroatoms. The maximum atomic E-state index is 8.76. The van der Waals surface area contributed by atoms with Crippen molar-refractivity contribution in [1.82, 2.24) is 4.90 Å². The third-order valence-electron chi connectivity index (χ3n) is 2.51. The van der Waals surface area contributed by atoms with Crippen molar-refractivity contribution in [3.05, 3.63) is 12.2 Å². The van der Waals surface area contributed by atoms with E-state index < -0.39 is 0 Å². The molecule has 1 unspecified atom stereocenters. The first kappa shape index (κ1) is 9.75. The molecule has 1 aliphatic rings. The number of aliphatic hydroxyl groups is 1. The van der Waals surface area contributed by atoms with Crippen LogP contribution in [0.25, 0.3) is 0 Å². The summed E-state index contributed by atoms with van der Waals surface area (Å²) in [6.07, 6.45) is 6.53. The molecule has 0 radical (unpaired) electrons. The van der Waals surface area contributed by atoms with Crippen LogP contribution in [-0.4, -0.2) is 36.2 Å². The number of hydrogen-bond acceptors (Lipinski definition) is 2. The van der Waals surface area contributed by atoms with Crippen molar-refractivity contribution in [1.29, 1.82) is 0 Å². The van der Waals surface area contributed by atoms with Gasteiger partial charge in [0.05, 0.1) is 0 Å². The Bertz CT molecular complexity index is 145. The fourth-order valence-electron chi connectivity index (χ4n) is 1.75. The first-order valence-electron chi connectivity index (χ1n) is 4.81. The summed E-state index contributed by atoms with van der Waals surface area (Å²) in [4.78, 5) is 2.44. The second-order valence-electron chi connectivity index (χ2n) is 3.50. The maximum Gasteiger partial charge on any atom is 0.0434 e. The van der Waals surface area contributed by atoms with Crippen molar-refractivity contribution >= 4 is 0 Å². The Morgan fingerprint density at radius 1 is 1.58 bits per heavy atom. The molecule has 0 aromatic carbocycles. The van der Waals surface area contributed by atoms with Crippen LogP contribution in [0.4, 0.5) is 0 Å². The largest absolute Gasteiger partial charge is 0.396 e. The molecule has 0 aliphatic carbocycles. The Balaban J connectivity index is 2.16. The monoisotopic (exact) mass is 169 g/mol. The number of nitrogens with zero attached hydrogens (tertiary/aromatic N) is 1. The predicted molar refractivity (Wildman–Crippen MR) is 51.1 cm³/mol. The smallest absolute Gasteiger partial charge is 0.0434 e. The highest BCUT2D eigenvalue weighted by Crippen LogP contribution is 2.18. The standard InChI is InChI=1S/C10H19NO/c1-2-3-6-11-7-4-10(9-11)5-8-12/h2-3,10,12H,4-9H2,1H3/b3-2+. The molecule has 1 fully saturated rings. The van der Waals surface area contributed by atoms with Crippen molar-refractivity contribution in [3.8, 4) is 0 Å². The highest BCUT2D eigenvalue weighted by Gasteiger charge is 2.20. The van der Waals surface area contributed by atoms with Crippen LogP contribution < -0.4 is 0 Å². The van der Waals surface area contributed by atoms with Crippen molar-refractivity contribution < 1.29 is 5.11 Å². The van der Waals surface area contributed by atoms with E-state index in [1.165, 1.54) is 19.5 Å². The molecule has 70 valence electrons. The molecule has 0 aromatic rings. The minimum absolute atomic E-state index is 0.349. The SMILES string of the molecule is C/C=C/CN1CCC(CCO)C1. The van der Waals surface area contributed by atoms with E-state index in [2.05, 4.69) is 24.0 Å². The molecule has 1 heterocycles. The number of likely N-dealkylation sites (tertiary alicyclic amines) is 1. The van der Waals surface area contributed by atoms with E-state index in [0.29, 0.717) is 6.61 Å². The van der Waals surface area contributed by atoms with E-state index in [1.54, 1.807) is 0 Å². The Morgan fingerprint density at radius 3 is 3.08 bits per heavy atom. The van der Waals surface area contributed by atoms with Gasteiger partial charge in [-0.1, -0.05) is 12.2 Å². The van der Waals surface area contributed by atoms with Gasteiger partial charge in [0.15, 0.2) is 0 Å². The van der Waals surface area contributed by atoms with Gasteiger partial charge in [0, 0.05) is 19.7 Å². The van der Waals surface area contributed by atoms with Crippen LogP contribution in [0.15, 0.2) is 12.2 Å². The van der Waals surface area contributed by atoms with Crippen LogP contribution in [-0.2, 0) is 0 Å². The molecule has 0 aromatic heterocycles. The molecule has 2 nitrogen and oxygen atoms in total. The second-order valence-corrected chi connectivity index (χ2v) is 3.50. The molecule has 12 heavy (non-hydrogen) atoms. The van der Waals surface area contributed by atoms with Gasteiger partial charge in [-0.15, -0.1) is 0 Å². The molecule has 1 N–H and O–H groups in total. The molecule has 1 rings (SSSR count). The highest BCUT2D eigenvalue weighted by atomic mass is 16.3. The molecular weight excluding hydrogens is 150 g/mol. The highest BCUT2D eigenvalue weighted by molar-refractivity contribution is 4.85. The van der Waals surface area contributed by atoms with Crippen LogP contribution >= 0.6 is 0 Å². The van der Waals surface area contributed by atoms with Crippen LogP contribution in [0.1, 0.15) is 19.8 Å². The number of allylic oxidation sites excluding steroid dienone is 1. The lowest BCUT2D eigenvalue weighted by molar-refractivity contribution is 0.254. The van der Waals surface area contributed by atoms with Crippen molar-refractivity contribution in [2.24, 2.45) is 5.92 Å². The normalized spacial score (nSPS) is 25.7. The number of rotatable bonds is 4. The zero-order chi connectivity index (χ0) is 8.81. The van der Waals surface area contributed by atoms with Gasteiger partial charge in [0.25, 0.3) is 0 Å². The first-order valence-corrected chi connectivity index (χ1v) is 4.81. The van der Waals surface area contributed by atoms with E-state index in [9.17, 15) is 0 Å². The first-order chi connectivity index (χ1) is 5.86. The quantitative estimate of drug-likeness (QED) is 0.641. The Kier molecular flexibility index (Phi) is 4.33. The summed E-state index contributed by atoms with van der Waals surface area (Å²) in [6.45, 7) is 5.86. The van der Waals surface area contributed by atoms with Crippen molar-refractivity contribution in [3.63, 3.8) is 0 Å². The zero-order valence-corrected chi connectivity index (χ0v) is 7.87. The summed E-state index contributed by atoms with van der Waals surface area (Å²) in [5, 5.41) is 8.76. The Labute approximate surface area is 74.9 Å². The third kappa shape index (κ3) is 2.95. The average molecular weight is 169 g/mol. The molecule has 0 amide bonds. The van der Waals surface area contributed by atoms with Crippen LogP contribution in [0.2, 0.25) is 0 Å². The summed E-state index contributed by atoms with van der Waals surface area (Å²) < 4.78 is 0. The van der Waals surface area contributed by atoms with E-state index in [4.69, 9.17) is 5.11 Å². The molecule has 1 aliphatic heterocycles. The maximum absolute atomic E-state index is 8.76. The van der Waals surface area contributed by atoms with Gasteiger partial charge in [0.1, 0.15) is 0 Å². The molecule has 1 atom stereocenters.